The second kappa shape index (κ2) is 6.07. The van der Waals surface area contributed by atoms with Crippen molar-refractivity contribution in [1.29, 1.82) is 0 Å². The van der Waals surface area contributed by atoms with Gasteiger partial charge in [-0.3, -0.25) is 9.86 Å². The lowest BCUT2D eigenvalue weighted by molar-refractivity contribution is -0.704. The lowest BCUT2D eigenvalue weighted by Crippen LogP contribution is -2.97. The molecule has 1 aliphatic rings. The van der Waals surface area contributed by atoms with Crippen LogP contribution in [-0.2, 0) is 21.4 Å². The summed E-state index contributed by atoms with van der Waals surface area (Å²) in [6, 6.07) is 6.72. The van der Waals surface area contributed by atoms with E-state index in [1.807, 2.05) is 0 Å². The first kappa shape index (κ1) is 17.5. The first-order valence-electron chi connectivity index (χ1n) is 7.75. The zero-order valence-electron chi connectivity index (χ0n) is 13.7. The molecule has 4 rings (SSSR count). The van der Waals surface area contributed by atoms with Crippen molar-refractivity contribution < 1.29 is 23.4 Å². The number of carbonyl (C=O) groups excluding carboxylic acids is 1. The van der Waals surface area contributed by atoms with Crippen LogP contribution in [0.3, 0.4) is 0 Å². The van der Waals surface area contributed by atoms with E-state index in [1.54, 1.807) is 6.07 Å². The van der Waals surface area contributed by atoms with Crippen molar-refractivity contribution in [3.05, 3.63) is 47.4 Å². The molecule has 0 saturated carbocycles. The molecule has 140 valence electrons. The van der Waals surface area contributed by atoms with Crippen molar-refractivity contribution in [2.75, 3.05) is 0 Å². The van der Waals surface area contributed by atoms with Crippen LogP contribution in [0.4, 0.5) is 11.6 Å². The number of nitrogens with one attached hydrogen (secondary N) is 2. The lowest BCUT2D eigenvalue weighted by atomic mass is 10.3. The highest BCUT2D eigenvalue weighted by molar-refractivity contribution is 7.89. The Morgan fingerprint density at radius 3 is 2.70 bits per heavy atom. The van der Waals surface area contributed by atoms with Gasteiger partial charge in [-0.1, -0.05) is 0 Å². The summed E-state index contributed by atoms with van der Waals surface area (Å²) in [6.07, 6.45) is 0.266. The number of aliphatic hydroxyl groups excluding tert-OH is 1. The molecule has 0 bridgehead atoms. The maximum Gasteiger partial charge on any atom is 0.334 e. The fraction of sp³-hybridized carbons (Fsp3) is 0.133. The summed E-state index contributed by atoms with van der Waals surface area (Å²) in [7, 11) is -3.86. The predicted octanol–water partition coefficient (Wildman–Crippen LogP) is -1.45. The number of quaternary nitrogens is 1. The van der Waals surface area contributed by atoms with E-state index in [2.05, 4.69) is 15.3 Å². The molecule has 3 heterocycles. The molecule has 12 heteroatoms. The van der Waals surface area contributed by atoms with Crippen LogP contribution in [0.1, 0.15) is 11.9 Å². The van der Waals surface area contributed by atoms with Gasteiger partial charge in [0.2, 0.25) is 15.9 Å². The second-order valence-corrected chi connectivity index (χ2v) is 7.56. The van der Waals surface area contributed by atoms with Crippen LogP contribution < -0.4 is 15.5 Å². The van der Waals surface area contributed by atoms with Crippen molar-refractivity contribution in [3.8, 4) is 0 Å². The smallest absolute Gasteiger partial charge is 0.334 e. The Labute approximate surface area is 152 Å². The van der Waals surface area contributed by atoms with Gasteiger partial charge in [0.1, 0.15) is 17.9 Å². The summed E-state index contributed by atoms with van der Waals surface area (Å²) in [5.74, 6) is -0.496. The van der Waals surface area contributed by atoms with E-state index in [0.29, 0.717) is 16.7 Å². The molecule has 1 aromatic carbocycles. The van der Waals surface area contributed by atoms with E-state index < -0.39 is 21.3 Å². The number of benzene rings is 1. The molecular weight excluding hydrogens is 376 g/mol. The summed E-state index contributed by atoms with van der Waals surface area (Å²) < 4.78 is 24.1. The molecule has 2 unspecified atom stereocenters. The zero-order valence-corrected chi connectivity index (χ0v) is 14.5. The highest BCUT2D eigenvalue weighted by atomic mass is 32.2. The number of aliphatic hydroxyl groups is 1. The fourth-order valence-corrected chi connectivity index (χ4v) is 3.42. The molecule has 5 N–H and O–H groups in total. The van der Waals surface area contributed by atoms with Crippen LogP contribution in [0.25, 0.3) is 11.0 Å². The maximum atomic E-state index is 12.6. The zero-order chi connectivity index (χ0) is 19.3. The van der Waals surface area contributed by atoms with E-state index in [4.69, 9.17) is 5.14 Å². The van der Waals surface area contributed by atoms with Gasteiger partial charge < -0.3 is 20.2 Å². The van der Waals surface area contributed by atoms with E-state index in [9.17, 15) is 23.5 Å². The number of fused-ring (bicyclic) bond motifs is 3. The highest BCUT2D eigenvalue weighted by Crippen LogP contribution is 2.24. The maximum absolute atomic E-state index is 12.6. The minimum absolute atomic E-state index is 0.0381. The molecule has 0 saturated heterocycles. The molecule has 1 aliphatic heterocycles. The molecule has 3 aromatic rings. The largest absolute Gasteiger partial charge is 0.621 e. The van der Waals surface area contributed by atoms with Crippen LogP contribution in [0, 0.1) is 5.21 Å². The number of aromatic nitrogens is 3. The van der Waals surface area contributed by atoms with E-state index in [0.717, 1.165) is 0 Å². The van der Waals surface area contributed by atoms with Gasteiger partial charge in [0.05, 0.1) is 10.6 Å². The summed E-state index contributed by atoms with van der Waals surface area (Å²) >= 11 is 0. The van der Waals surface area contributed by atoms with Gasteiger partial charge in [-0.05, 0) is 18.2 Å². The van der Waals surface area contributed by atoms with Gasteiger partial charge in [-0.15, -0.1) is 0 Å². The van der Waals surface area contributed by atoms with Crippen LogP contribution >= 0.6 is 0 Å². The molecule has 0 fully saturated rings. The molecule has 0 aliphatic carbocycles. The molecule has 1 amide bonds. The molecule has 2 aromatic heterocycles. The third kappa shape index (κ3) is 3.05. The summed E-state index contributed by atoms with van der Waals surface area (Å²) in [5, 5.41) is 30.1. The Kier molecular flexibility index (Phi) is 3.94. The van der Waals surface area contributed by atoms with Gasteiger partial charge in [0.25, 0.3) is 0 Å². The quantitative estimate of drug-likeness (QED) is 0.397. The van der Waals surface area contributed by atoms with Gasteiger partial charge in [0.15, 0.2) is 6.23 Å². The summed E-state index contributed by atoms with van der Waals surface area (Å²) in [5.41, 5.74) is 0.976. The molecular formula is C15H14N6O5S. The highest BCUT2D eigenvalue weighted by Gasteiger charge is 2.26. The number of carbonyl (C=O) groups is 1. The molecule has 2 atom stereocenters. The van der Waals surface area contributed by atoms with Crippen LogP contribution in [-0.4, -0.2) is 34.0 Å². The first-order chi connectivity index (χ1) is 12.7. The van der Waals surface area contributed by atoms with Crippen LogP contribution in [0.5, 0.6) is 0 Å². The van der Waals surface area contributed by atoms with Gasteiger partial charge in [0, 0.05) is 23.7 Å². The summed E-state index contributed by atoms with van der Waals surface area (Å²) in [4.78, 5) is 19.8. The molecule has 11 nitrogen and oxygen atoms in total. The molecule has 0 radical (unpaired) electrons. The second-order valence-electron chi connectivity index (χ2n) is 6.00. The van der Waals surface area contributed by atoms with E-state index >= 15 is 0 Å². The number of primary sulfonamides is 1. The third-order valence-corrected chi connectivity index (χ3v) is 5.12. The number of nitrogens with two attached hydrogens (primary N) is 1. The monoisotopic (exact) mass is 390 g/mol. The third-order valence-electron chi connectivity index (χ3n) is 4.19. The van der Waals surface area contributed by atoms with Gasteiger partial charge >= 0.3 is 5.95 Å². The number of sulfonamides is 1. The van der Waals surface area contributed by atoms with Crippen molar-refractivity contribution in [2.24, 2.45) is 5.14 Å². The van der Waals surface area contributed by atoms with Crippen molar-refractivity contribution in [2.45, 2.75) is 17.7 Å². The Balaban J connectivity index is 1.73. The Bertz CT molecular complexity index is 1160. The Morgan fingerprint density at radius 1 is 1.33 bits per heavy atom. The number of rotatable bonds is 3. The minimum Gasteiger partial charge on any atom is -0.621 e. The predicted molar refractivity (Wildman–Crippen MR) is 92.1 cm³/mol. The number of amides is 1. The van der Waals surface area contributed by atoms with Crippen molar-refractivity contribution in [1.82, 2.24) is 19.9 Å². The summed E-state index contributed by atoms with van der Waals surface area (Å²) in [6.45, 7) is -0.0381. The standard InChI is InChI=1S/C15H14N6O5S/c16-27(25,26)10-3-1-9(2-4-10)21(24)15-17-6-8-5-11-14(23)18-12(22)7-20(11)13(8)19-15/h1-6,14,21,23H,7H2,(H,18,22)(H2,16,25,26). The minimum atomic E-state index is -3.86. The van der Waals surface area contributed by atoms with Gasteiger partial charge in [-0.25, -0.2) is 13.6 Å². The molecule has 27 heavy (non-hydrogen) atoms. The van der Waals surface area contributed by atoms with E-state index in [-0.39, 0.29) is 29.0 Å². The van der Waals surface area contributed by atoms with Crippen LogP contribution in [0.2, 0.25) is 0 Å². The van der Waals surface area contributed by atoms with Gasteiger partial charge in [-0.2, -0.15) is 9.97 Å². The first-order valence-corrected chi connectivity index (χ1v) is 9.30. The number of hydrogen-bond acceptors (Lipinski definition) is 7. The Hall–Kier alpha value is -2.90. The van der Waals surface area contributed by atoms with Crippen molar-refractivity contribution >= 4 is 38.6 Å². The number of nitrogens with zero attached hydrogens (tertiary/aromatic N) is 3. The fourth-order valence-electron chi connectivity index (χ4n) is 2.90. The normalized spacial score (nSPS) is 18.2. The lowest BCUT2D eigenvalue weighted by Gasteiger charge is -2.22. The molecule has 0 spiro atoms. The Morgan fingerprint density at radius 2 is 2.04 bits per heavy atom. The van der Waals surface area contributed by atoms with Crippen LogP contribution in [0.15, 0.2) is 41.4 Å². The topological polar surface area (TPSA) is 168 Å². The average molecular weight is 390 g/mol. The van der Waals surface area contributed by atoms with Crippen molar-refractivity contribution in [3.63, 3.8) is 0 Å². The number of hydrogen-bond donors (Lipinski definition) is 4. The van der Waals surface area contributed by atoms with E-state index in [1.165, 1.54) is 35.0 Å². The average Bonchev–Trinajstić information content (AvgIpc) is 2.99. The SMILES string of the molecule is NS(=O)(=O)c1ccc([NH+]([O-])c2ncc3cc4n(c3n2)CC(=O)NC4O)cc1.